The second-order valence-electron chi connectivity index (χ2n) is 22.7. The second-order valence-corrected chi connectivity index (χ2v) is 22.7. The monoisotopic (exact) mass is 1120 g/mol. The highest BCUT2D eigenvalue weighted by Gasteiger charge is 2.19. The van der Waals surface area contributed by atoms with E-state index < -0.39 is 6.10 Å². The highest BCUT2D eigenvalue weighted by Crippen LogP contribution is 2.17. The zero-order chi connectivity index (χ0) is 58.5. The van der Waals surface area contributed by atoms with Crippen LogP contribution in [0.3, 0.4) is 0 Å². The van der Waals surface area contributed by atoms with Crippen molar-refractivity contribution in [3.63, 3.8) is 0 Å². The van der Waals surface area contributed by atoms with Crippen LogP contribution in [0.5, 0.6) is 0 Å². The van der Waals surface area contributed by atoms with Crippen LogP contribution >= 0.6 is 0 Å². The van der Waals surface area contributed by atoms with Gasteiger partial charge >= 0.3 is 17.9 Å². The normalized spacial score (nSPS) is 12.8. The third-order valence-corrected chi connectivity index (χ3v) is 14.8. The first-order valence-electron chi connectivity index (χ1n) is 34.4. The average Bonchev–Trinajstić information content (AvgIpc) is 3.46. The lowest BCUT2D eigenvalue weighted by Crippen LogP contribution is -2.30. The predicted molar refractivity (Wildman–Crippen MR) is 353 cm³/mol. The molecule has 0 bridgehead atoms. The Hall–Kier alpha value is -3.93. The summed E-state index contributed by atoms with van der Waals surface area (Å²) in [5.74, 6) is -0.871. The van der Waals surface area contributed by atoms with Crippen LogP contribution in [-0.4, -0.2) is 37.2 Å². The standard InChI is InChI=1S/C75H128O6/c1-4-7-10-13-16-19-22-25-27-29-31-33-35-36-37-38-40-41-43-45-47-50-53-56-59-62-65-68-74(77)80-71-72(70-79-73(76)67-64-61-58-55-52-49-24-21-18-15-12-9-6-3)81-75(78)69-66-63-60-57-54-51-48-46-44-42-39-34-32-30-28-26-23-20-17-14-11-8-5-2/h7-8,10-11,16-17,19-20,25-28,31-34,36-37,72H,4-6,9,12-15,18,21-24,29-30,35,38-71H2,1-3H3/b10-7-,11-8-,19-16-,20-17-,27-25-,28-26-,33-31-,34-32-,37-36-. The number of hydrogen-bond acceptors (Lipinski definition) is 6. The number of hydrogen-bond donors (Lipinski definition) is 0. The van der Waals surface area contributed by atoms with Gasteiger partial charge in [-0.05, 0) is 103 Å². The van der Waals surface area contributed by atoms with Gasteiger partial charge in [0.1, 0.15) is 13.2 Å². The number of unbranched alkanes of at least 4 members (excludes halogenated alkanes) is 33. The van der Waals surface area contributed by atoms with Crippen LogP contribution in [0.2, 0.25) is 0 Å². The Kier molecular flexibility index (Phi) is 65.2. The molecule has 0 fully saturated rings. The van der Waals surface area contributed by atoms with E-state index in [0.29, 0.717) is 19.3 Å². The van der Waals surface area contributed by atoms with Gasteiger partial charge in [0.25, 0.3) is 0 Å². The molecule has 0 aliphatic heterocycles. The summed E-state index contributed by atoms with van der Waals surface area (Å²) in [7, 11) is 0. The van der Waals surface area contributed by atoms with Crippen LogP contribution in [0.25, 0.3) is 0 Å². The van der Waals surface area contributed by atoms with Crippen molar-refractivity contribution in [3.8, 4) is 0 Å². The van der Waals surface area contributed by atoms with Gasteiger partial charge < -0.3 is 14.2 Å². The lowest BCUT2D eigenvalue weighted by molar-refractivity contribution is -0.167. The molecule has 1 unspecified atom stereocenters. The molecule has 0 N–H and O–H groups in total. The van der Waals surface area contributed by atoms with Crippen molar-refractivity contribution >= 4 is 17.9 Å². The SMILES string of the molecule is CC/C=C\C/C=C\C/C=C\C/C=C\C/C=C\CCCCCCCCCCCCCC(=O)OCC(COC(=O)CCCCCCCCCCCCCCC)OC(=O)CCCCCCCCCCCC/C=C\C/C=C\C/C=C\C/C=C\CC. The van der Waals surface area contributed by atoms with Gasteiger partial charge in [-0.2, -0.15) is 0 Å². The Bertz CT molecular complexity index is 1620. The van der Waals surface area contributed by atoms with Crippen molar-refractivity contribution in [1.82, 2.24) is 0 Å². The summed E-state index contributed by atoms with van der Waals surface area (Å²) in [4.78, 5) is 38.4. The van der Waals surface area contributed by atoms with Gasteiger partial charge in [-0.3, -0.25) is 14.4 Å². The molecule has 0 aromatic rings. The minimum atomic E-state index is -0.783. The molecule has 6 heteroatoms. The van der Waals surface area contributed by atoms with Gasteiger partial charge in [-0.25, -0.2) is 0 Å². The van der Waals surface area contributed by atoms with Crippen LogP contribution in [0.4, 0.5) is 0 Å². The van der Waals surface area contributed by atoms with E-state index in [1.54, 1.807) is 0 Å². The van der Waals surface area contributed by atoms with Crippen molar-refractivity contribution in [2.24, 2.45) is 0 Å². The molecule has 0 aromatic carbocycles. The molecule has 464 valence electrons. The molecule has 0 aliphatic rings. The molecule has 1 atom stereocenters. The minimum Gasteiger partial charge on any atom is -0.462 e. The molecule has 0 aromatic heterocycles. The number of carbonyl (C=O) groups is 3. The maximum atomic E-state index is 12.9. The van der Waals surface area contributed by atoms with Gasteiger partial charge in [-0.1, -0.05) is 316 Å². The van der Waals surface area contributed by atoms with Crippen molar-refractivity contribution in [2.45, 2.75) is 335 Å². The van der Waals surface area contributed by atoms with Gasteiger partial charge in [0.05, 0.1) is 0 Å². The zero-order valence-corrected chi connectivity index (χ0v) is 53.3. The first kappa shape index (κ1) is 77.1. The minimum absolute atomic E-state index is 0.0775. The van der Waals surface area contributed by atoms with Crippen LogP contribution in [0, 0.1) is 0 Å². The first-order chi connectivity index (χ1) is 40.0. The number of rotatable bonds is 62. The smallest absolute Gasteiger partial charge is 0.306 e. The topological polar surface area (TPSA) is 78.9 Å². The number of ether oxygens (including phenoxy) is 3. The van der Waals surface area contributed by atoms with E-state index in [9.17, 15) is 14.4 Å². The lowest BCUT2D eigenvalue weighted by atomic mass is 10.0. The molecule has 6 nitrogen and oxygen atoms in total. The van der Waals surface area contributed by atoms with Crippen molar-refractivity contribution in [1.29, 1.82) is 0 Å². The molecule has 0 spiro atoms. The summed E-state index contributed by atoms with van der Waals surface area (Å²) in [6.45, 7) is 6.44. The van der Waals surface area contributed by atoms with Crippen LogP contribution in [0.15, 0.2) is 109 Å². The Morgan fingerprint density at radius 3 is 0.753 bits per heavy atom. The van der Waals surface area contributed by atoms with Gasteiger partial charge in [0.15, 0.2) is 6.10 Å². The maximum absolute atomic E-state index is 12.9. The quantitative estimate of drug-likeness (QED) is 0.0261. The first-order valence-corrected chi connectivity index (χ1v) is 34.4. The lowest BCUT2D eigenvalue weighted by Gasteiger charge is -2.18. The van der Waals surface area contributed by atoms with E-state index in [1.165, 1.54) is 173 Å². The fraction of sp³-hybridized carbons (Fsp3) is 0.720. The third kappa shape index (κ3) is 66.8. The maximum Gasteiger partial charge on any atom is 0.306 e. The van der Waals surface area contributed by atoms with E-state index >= 15 is 0 Å². The Labute approximate surface area is 501 Å². The van der Waals surface area contributed by atoms with E-state index in [0.717, 1.165) is 116 Å². The zero-order valence-electron chi connectivity index (χ0n) is 53.3. The summed E-state index contributed by atoms with van der Waals surface area (Å²) in [5, 5.41) is 0. The average molecular weight is 1130 g/mol. The summed E-state index contributed by atoms with van der Waals surface area (Å²) in [6.07, 6.45) is 93.9. The number of carbonyl (C=O) groups excluding carboxylic acids is 3. The summed E-state index contributed by atoms with van der Waals surface area (Å²) >= 11 is 0. The van der Waals surface area contributed by atoms with Gasteiger partial charge in [0.2, 0.25) is 0 Å². The number of esters is 3. The van der Waals surface area contributed by atoms with Gasteiger partial charge in [0, 0.05) is 19.3 Å². The summed E-state index contributed by atoms with van der Waals surface area (Å²) < 4.78 is 17.0. The highest BCUT2D eigenvalue weighted by molar-refractivity contribution is 5.71. The molecule has 0 saturated heterocycles. The highest BCUT2D eigenvalue weighted by atomic mass is 16.6. The van der Waals surface area contributed by atoms with E-state index in [2.05, 4.69) is 130 Å². The van der Waals surface area contributed by atoms with Crippen LogP contribution < -0.4 is 0 Å². The predicted octanol–water partition coefficient (Wildman–Crippen LogP) is 23.8. The molecule has 0 rings (SSSR count). The molecule has 0 heterocycles. The Morgan fingerprint density at radius 2 is 0.481 bits per heavy atom. The second kappa shape index (κ2) is 68.6. The van der Waals surface area contributed by atoms with Crippen LogP contribution in [0.1, 0.15) is 329 Å². The van der Waals surface area contributed by atoms with Crippen LogP contribution in [-0.2, 0) is 28.6 Å². The molecule has 0 radical (unpaired) electrons. The fourth-order valence-corrected chi connectivity index (χ4v) is 9.70. The summed E-state index contributed by atoms with van der Waals surface area (Å²) in [5.41, 5.74) is 0. The van der Waals surface area contributed by atoms with Gasteiger partial charge in [-0.15, -0.1) is 0 Å². The molecular formula is C75H128O6. The van der Waals surface area contributed by atoms with Crippen molar-refractivity contribution in [2.75, 3.05) is 13.2 Å². The third-order valence-electron chi connectivity index (χ3n) is 14.8. The number of allylic oxidation sites excluding steroid dienone is 18. The molecule has 0 saturated carbocycles. The molecule has 81 heavy (non-hydrogen) atoms. The van der Waals surface area contributed by atoms with Crippen molar-refractivity contribution in [3.05, 3.63) is 109 Å². The summed E-state index contributed by atoms with van der Waals surface area (Å²) in [6, 6.07) is 0. The molecular weight excluding hydrogens is 997 g/mol. The van der Waals surface area contributed by atoms with E-state index in [1.807, 2.05) is 0 Å². The largest absolute Gasteiger partial charge is 0.462 e. The fourth-order valence-electron chi connectivity index (χ4n) is 9.70. The Morgan fingerprint density at radius 1 is 0.259 bits per heavy atom. The van der Waals surface area contributed by atoms with Crippen molar-refractivity contribution < 1.29 is 28.6 Å². The van der Waals surface area contributed by atoms with E-state index in [4.69, 9.17) is 14.2 Å². The molecule has 0 amide bonds. The molecule has 0 aliphatic carbocycles. The van der Waals surface area contributed by atoms with E-state index in [-0.39, 0.29) is 31.1 Å². The Balaban J connectivity index is 4.30.